The van der Waals surface area contributed by atoms with Gasteiger partial charge in [0.05, 0.1) is 11.9 Å². The van der Waals surface area contributed by atoms with Gasteiger partial charge in [-0.3, -0.25) is 9.78 Å². The maximum atomic E-state index is 12.3. The molecule has 128 valence electrons. The standard InChI is InChI=1S/C19H20N4OS/c1-2-3-5-14-7-9-15(10-8-14)21-18(24)17-13-25-19(23-17)22-16-6-4-11-20-12-16/h4,6-13H,2-3,5H2,1H3,(H,21,24)(H,22,23). The zero-order valence-electron chi connectivity index (χ0n) is 14.0. The SMILES string of the molecule is CCCCc1ccc(NC(=O)c2csc(Nc3cccnc3)n2)cc1. The Morgan fingerprint density at radius 2 is 2.00 bits per heavy atom. The molecule has 3 aromatic rings. The molecule has 25 heavy (non-hydrogen) atoms. The predicted molar refractivity (Wildman–Crippen MR) is 103 cm³/mol. The number of carbonyl (C=O) groups excluding carboxylic acids is 1. The van der Waals surface area contributed by atoms with E-state index < -0.39 is 0 Å². The molecule has 1 amide bonds. The number of benzene rings is 1. The summed E-state index contributed by atoms with van der Waals surface area (Å²) in [6, 6.07) is 11.7. The quantitative estimate of drug-likeness (QED) is 0.636. The zero-order chi connectivity index (χ0) is 17.5. The number of nitrogens with zero attached hydrogens (tertiary/aromatic N) is 2. The maximum Gasteiger partial charge on any atom is 0.275 e. The van der Waals surface area contributed by atoms with Crippen LogP contribution in [0.5, 0.6) is 0 Å². The Labute approximate surface area is 151 Å². The summed E-state index contributed by atoms with van der Waals surface area (Å²) in [6.07, 6.45) is 6.84. The smallest absolute Gasteiger partial charge is 0.275 e. The molecule has 0 radical (unpaired) electrons. The molecule has 2 heterocycles. The number of nitrogens with one attached hydrogen (secondary N) is 2. The fraction of sp³-hybridized carbons (Fsp3) is 0.211. The van der Waals surface area contributed by atoms with Crippen molar-refractivity contribution in [1.82, 2.24) is 9.97 Å². The third kappa shape index (κ3) is 4.87. The minimum atomic E-state index is -0.211. The molecule has 2 aromatic heterocycles. The Kier molecular flexibility index (Phi) is 5.74. The highest BCUT2D eigenvalue weighted by Crippen LogP contribution is 2.21. The molecule has 2 N–H and O–H groups in total. The van der Waals surface area contributed by atoms with Crippen LogP contribution in [-0.2, 0) is 6.42 Å². The molecule has 0 fully saturated rings. The number of hydrogen-bond donors (Lipinski definition) is 2. The monoisotopic (exact) mass is 352 g/mol. The van der Waals surface area contributed by atoms with Crippen LogP contribution in [0.4, 0.5) is 16.5 Å². The summed E-state index contributed by atoms with van der Waals surface area (Å²) in [6.45, 7) is 2.18. The van der Waals surface area contributed by atoms with Crippen LogP contribution < -0.4 is 10.6 Å². The molecule has 0 aliphatic heterocycles. The summed E-state index contributed by atoms with van der Waals surface area (Å²) in [5, 5.41) is 8.42. The number of aryl methyl sites for hydroxylation is 1. The average Bonchev–Trinajstić information content (AvgIpc) is 3.11. The molecule has 0 unspecified atom stereocenters. The summed E-state index contributed by atoms with van der Waals surface area (Å²) in [5.41, 5.74) is 3.30. The van der Waals surface area contributed by atoms with Crippen molar-refractivity contribution in [2.24, 2.45) is 0 Å². The van der Waals surface area contributed by atoms with Crippen molar-refractivity contribution in [1.29, 1.82) is 0 Å². The summed E-state index contributed by atoms with van der Waals surface area (Å²) < 4.78 is 0. The van der Waals surface area contributed by atoms with Gasteiger partial charge >= 0.3 is 0 Å². The number of carbonyl (C=O) groups is 1. The lowest BCUT2D eigenvalue weighted by Crippen LogP contribution is -2.12. The van der Waals surface area contributed by atoms with Crippen LogP contribution in [0.2, 0.25) is 0 Å². The van der Waals surface area contributed by atoms with Gasteiger partial charge in [0.2, 0.25) is 0 Å². The summed E-state index contributed by atoms with van der Waals surface area (Å²) in [4.78, 5) is 20.7. The Bertz CT molecular complexity index is 815. The number of hydrogen-bond acceptors (Lipinski definition) is 5. The lowest BCUT2D eigenvalue weighted by Gasteiger charge is -2.05. The second-order valence-corrected chi connectivity index (χ2v) is 6.52. The number of rotatable bonds is 7. The molecular formula is C19H20N4OS. The molecule has 0 saturated carbocycles. The minimum Gasteiger partial charge on any atom is -0.330 e. The van der Waals surface area contributed by atoms with Crippen LogP contribution in [0.3, 0.4) is 0 Å². The fourth-order valence-electron chi connectivity index (χ4n) is 2.33. The summed E-state index contributed by atoms with van der Waals surface area (Å²) >= 11 is 1.38. The third-order valence-corrected chi connectivity index (χ3v) is 4.44. The van der Waals surface area contributed by atoms with Gasteiger partial charge in [0.1, 0.15) is 5.69 Å². The topological polar surface area (TPSA) is 66.9 Å². The molecule has 0 aliphatic carbocycles. The van der Waals surface area contributed by atoms with Gasteiger partial charge in [0.25, 0.3) is 5.91 Å². The average molecular weight is 352 g/mol. The molecular weight excluding hydrogens is 332 g/mol. The highest BCUT2D eigenvalue weighted by atomic mass is 32.1. The normalized spacial score (nSPS) is 10.4. The largest absolute Gasteiger partial charge is 0.330 e. The number of amides is 1. The Hall–Kier alpha value is -2.73. The number of thiazole rings is 1. The molecule has 6 heteroatoms. The molecule has 0 saturated heterocycles. The Balaban J connectivity index is 1.60. The van der Waals surface area contributed by atoms with Crippen molar-refractivity contribution in [3.05, 3.63) is 65.4 Å². The first-order valence-corrected chi connectivity index (χ1v) is 9.15. The molecule has 1 aromatic carbocycles. The summed E-state index contributed by atoms with van der Waals surface area (Å²) in [7, 11) is 0. The molecule has 0 spiro atoms. The minimum absolute atomic E-state index is 0.211. The number of unbranched alkanes of at least 4 members (excludes halogenated alkanes) is 1. The van der Waals surface area contributed by atoms with Crippen molar-refractivity contribution in [3.8, 4) is 0 Å². The van der Waals surface area contributed by atoms with E-state index >= 15 is 0 Å². The predicted octanol–water partition coefficient (Wildman–Crippen LogP) is 4.88. The van der Waals surface area contributed by atoms with Gasteiger partial charge in [0, 0.05) is 17.3 Å². The van der Waals surface area contributed by atoms with E-state index in [0.717, 1.165) is 17.8 Å². The maximum absolute atomic E-state index is 12.3. The molecule has 0 aliphatic rings. The first-order chi connectivity index (χ1) is 12.2. The van der Waals surface area contributed by atoms with Crippen LogP contribution in [0.1, 0.15) is 35.8 Å². The van der Waals surface area contributed by atoms with E-state index in [4.69, 9.17) is 0 Å². The van der Waals surface area contributed by atoms with E-state index in [1.54, 1.807) is 17.8 Å². The Morgan fingerprint density at radius 1 is 1.16 bits per heavy atom. The lowest BCUT2D eigenvalue weighted by atomic mass is 10.1. The summed E-state index contributed by atoms with van der Waals surface area (Å²) in [5.74, 6) is -0.211. The second-order valence-electron chi connectivity index (χ2n) is 5.66. The molecule has 0 atom stereocenters. The lowest BCUT2D eigenvalue weighted by molar-refractivity contribution is 0.102. The number of aromatic nitrogens is 2. The third-order valence-electron chi connectivity index (χ3n) is 3.68. The van der Waals surface area contributed by atoms with Gasteiger partial charge in [-0.15, -0.1) is 11.3 Å². The Morgan fingerprint density at radius 3 is 2.72 bits per heavy atom. The van der Waals surface area contributed by atoms with Gasteiger partial charge in [-0.05, 0) is 42.7 Å². The van der Waals surface area contributed by atoms with Crippen molar-refractivity contribution in [3.63, 3.8) is 0 Å². The van der Waals surface area contributed by atoms with Gasteiger partial charge in [-0.1, -0.05) is 25.5 Å². The molecule has 3 rings (SSSR count). The van der Waals surface area contributed by atoms with Crippen LogP contribution in [0.25, 0.3) is 0 Å². The van der Waals surface area contributed by atoms with Gasteiger partial charge in [0.15, 0.2) is 5.13 Å². The van der Waals surface area contributed by atoms with E-state index in [0.29, 0.717) is 10.8 Å². The zero-order valence-corrected chi connectivity index (χ0v) is 14.8. The second kappa shape index (κ2) is 8.39. The van der Waals surface area contributed by atoms with Crippen molar-refractivity contribution < 1.29 is 4.79 Å². The van der Waals surface area contributed by atoms with E-state index in [-0.39, 0.29) is 5.91 Å². The highest BCUT2D eigenvalue weighted by Gasteiger charge is 2.11. The highest BCUT2D eigenvalue weighted by molar-refractivity contribution is 7.14. The van der Waals surface area contributed by atoms with Crippen LogP contribution in [-0.4, -0.2) is 15.9 Å². The van der Waals surface area contributed by atoms with Crippen LogP contribution in [0.15, 0.2) is 54.2 Å². The van der Waals surface area contributed by atoms with E-state index in [2.05, 4.69) is 39.7 Å². The van der Waals surface area contributed by atoms with E-state index in [1.807, 2.05) is 24.3 Å². The van der Waals surface area contributed by atoms with Gasteiger partial charge in [-0.25, -0.2) is 4.98 Å². The van der Waals surface area contributed by atoms with Gasteiger partial charge < -0.3 is 10.6 Å². The van der Waals surface area contributed by atoms with Crippen LogP contribution >= 0.6 is 11.3 Å². The van der Waals surface area contributed by atoms with Gasteiger partial charge in [-0.2, -0.15) is 0 Å². The van der Waals surface area contributed by atoms with E-state index in [9.17, 15) is 4.79 Å². The first kappa shape index (κ1) is 17.1. The van der Waals surface area contributed by atoms with Crippen molar-refractivity contribution in [2.45, 2.75) is 26.2 Å². The van der Waals surface area contributed by atoms with Crippen molar-refractivity contribution in [2.75, 3.05) is 10.6 Å². The molecule has 0 bridgehead atoms. The van der Waals surface area contributed by atoms with E-state index in [1.165, 1.54) is 29.7 Å². The molecule has 5 nitrogen and oxygen atoms in total. The first-order valence-electron chi connectivity index (χ1n) is 8.27. The fourth-order valence-corrected chi connectivity index (χ4v) is 3.04. The van der Waals surface area contributed by atoms with Crippen LogP contribution in [0, 0.1) is 0 Å². The number of anilines is 3. The van der Waals surface area contributed by atoms with Crippen molar-refractivity contribution >= 4 is 33.8 Å². The number of pyridine rings is 1.